The fraction of sp³-hybridized carbons (Fsp3) is 0.556. The molecule has 0 bridgehead atoms. The second-order valence-electron chi connectivity index (χ2n) is 5.68. The van der Waals surface area contributed by atoms with E-state index in [1.54, 1.807) is 5.56 Å². The molecule has 0 aliphatic heterocycles. The van der Waals surface area contributed by atoms with Crippen LogP contribution in [0.4, 0.5) is 0 Å². The minimum Gasteiger partial charge on any atom is -0.316 e. The van der Waals surface area contributed by atoms with Crippen molar-refractivity contribution in [2.45, 2.75) is 51.9 Å². The third-order valence-corrected chi connectivity index (χ3v) is 4.12. The van der Waals surface area contributed by atoms with Crippen LogP contribution in [0.3, 0.4) is 0 Å². The zero-order valence-electron chi connectivity index (χ0n) is 12.4. The Balaban J connectivity index is 1.90. The molecule has 104 valence electrons. The van der Waals surface area contributed by atoms with E-state index in [4.69, 9.17) is 0 Å². The van der Waals surface area contributed by atoms with Gasteiger partial charge in [-0.3, -0.25) is 0 Å². The molecule has 1 aromatic rings. The van der Waals surface area contributed by atoms with E-state index in [0.29, 0.717) is 0 Å². The highest BCUT2D eigenvalue weighted by Gasteiger charge is 2.19. The minimum absolute atomic E-state index is 0.832. The van der Waals surface area contributed by atoms with Crippen LogP contribution in [0, 0.1) is 0 Å². The van der Waals surface area contributed by atoms with Gasteiger partial charge in [-0.1, -0.05) is 43.7 Å². The predicted octanol–water partition coefficient (Wildman–Crippen LogP) is 4.75. The molecule has 1 aliphatic rings. The van der Waals surface area contributed by atoms with Gasteiger partial charge in [0.15, 0.2) is 0 Å². The second-order valence-corrected chi connectivity index (χ2v) is 5.68. The van der Waals surface area contributed by atoms with Gasteiger partial charge < -0.3 is 5.32 Å². The van der Waals surface area contributed by atoms with E-state index < -0.39 is 0 Å². The lowest BCUT2D eigenvalue weighted by Gasteiger charge is -2.26. The molecule has 1 aromatic carbocycles. The Hall–Kier alpha value is -1.08. The summed E-state index contributed by atoms with van der Waals surface area (Å²) in [7, 11) is 0. The first-order chi connectivity index (χ1) is 9.31. The number of hydrogen-bond donors (Lipinski definition) is 1. The number of hydrogen-bond acceptors (Lipinski definition) is 1. The maximum absolute atomic E-state index is 3.45. The summed E-state index contributed by atoms with van der Waals surface area (Å²) in [6.45, 7) is 6.66. The fourth-order valence-electron chi connectivity index (χ4n) is 2.59. The van der Waals surface area contributed by atoms with Crippen molar-refractivity contribution in [1.82, 2.24) is 5.32 Å². The third kappa shape index (κ3) is 4.21. The van der Waals surface area contributed by atoms with Gasteiger partial charge in [0.05, 0.1) is 0 Å². The van der Waals surface area contributed by atoms with Gasteiger partial charge in [-0.25, -0.2) is 0 Å². The zero-order chi connectivity index (χ0) is 13.5. The van der Waals surface area contributed by atoms with E-state index in [-0.39, 0.29) is 0 Å². The lowest BCUT2D eigenvalue weighted by molar-refractivity contribution is 0.419. The highest BCUT2D eigenvalue weighted by Crippen LogP contribution is 2.37. The molecule has 0 radical (unpaired) electrons. The van der Waals surface area contributed by atoms with E-state index in [0.717, 1.165) is 25.4 Å². The molecule has 1 heteroatoms. The Morgan fingerprint density at radius 1 is 1.32 bits per heavy atom. The summed E-state index contributed by atoms with van der Waals surface area (Å²) in [5, 5.41) is 3.45. The van der Waals surface area contributed by atoms with Crippen LogP contribution in [0.15, 0.2) is 30.3 Å². The summed E-state index contributed by atoms with van der Waals surface area (Å²) in [5.74, 6) is 0.832. The molecule has 0 atom stereocenters. The van der Waals surface area contributed by atoms with Crippen molar-refractivity contribution >= 4 is 5.57 Å². The quantitative estimate of drug-likeness (QED) is 0.695. The molecule has 1 N–H and O–H groups in total. The number of allylic oxidation sites excluding steroid dienone is 1. The highest BCUT2D eigenvalue weighted by atomic mass is 14.8. The molecule has 0 aromatic heterocycles. The second kappa shape index (κ2) is 7.49. The topological polar surface area (TPSA) is 12.0 Å². The Kier molecular flexibility index (Phi) is 5.65. The standard InChI is InChI=1S/C18H27N/c1-3-12-19-13-6-7-15(2)17-10-5-11-18(14-17)16-8-4-9-16/h5,7,10-11,14,16,19H,3-4,6,8-9,12-13H2,1-2H3/b15-7-. The molecule has 0 amide bonds. The van der Waals surface area contributed by atoms with E-state index >= 15 is 0 Å². The summed E-state index contributed by atoms with van der Waals surface area (Å²) >= 11 is 0. The van der Waals surface area contributed by atoms with Gasteiger partial charge in [-0.15, -0.1) is 0 Å². The SMILES string of the molecule is CCCNCC/C=C(/C)c1cccc(C2CCC2)c1. The number of benzene rings is 1. The molecular weight excluding hydrogens is 230 g/mol. The van der Waals surface area contributed by atoms with Crippen molar-refractivity contribution in [3.05, 3.63) is 41.5 Å². The van der Waals surface area contributed by atoms with Gasteiger partial charge in [0.1, 0.15) is 0 Å². The molecule has 1 fully saturated rings. The summed E-state index contributed by atoms with van der Waals surface area (Å²) in [5.41, 5.74) is 4.36. The first-order valence-corrected chi connectivity index (χ1v) is 7.79. The summed E-state index contributed by atoms with van der Waals surface area (Å²) in [4.78, 5) is 0. The molecule has 0 unspecified atom stereocenters. The molecule has 1 aliphatic carbocycles. The summed E-state index contributed by atoms with van der Waals surface area (Å²) in [6.07, 6.45) is 8.88. The van der Waals surface area contributed by atoms with Gasteiger partial charge in [0, 0.05) is 0 Å². The maximum atomic E-state index is 3.45. The molecule has 0 heterocycles. The van der Waals surface area contributed by atoms with Gasteiger partial charge >= 0.3 is 0 Å². The average Bonchev–Trinajstić information content (AvgIpc) is 2.36. The van der Waals surface area contributed by atoms with Gasteiger partial charge in [0.25, 0.3) is 0 Å². The van der Waals surface area contributed by atoms with Gasteiger partial charge in [0.2, 0.25) is 0 Å². The lowest BCUT2D eigenvalue weighted by atomic mass is 9.79. The monoisotopic (exact) mass is 257 g/mol. The van der Waals surface area contributed by atoms with Crippen LogP contribution in [-0.4, -0.2) is 13.1 Å². The largest absolute Gasteiger partial charge is 0.316 e. The Morgan fingerprint density at radius 2 is 2.16 bits per heavy atom. The molecule has 19 heavy (non-hydrogen) atoms. The lowest BCUT2D eigenvalue weighted by Crippen LogP contribution is -2.15. The zero-order valence-corrected chi connectivity index (χ0v) is 12.4. The van der Waals surface area contributed by atoms with E-state index in [2.05, 4.69) is 49.5 Å². The smallest absolute Gasteiger partial charge is 0.00141 e. The first kappa shape index (κ1) is 14.3. The van der Waals surface area contributed by atoms with Crippen molar-refractivity contribution in [2.24, 2.45) is 0 Å². The molecule has 2 rings (SSSR count). The Morgan fingerprint density at radius 3 is 2.84 bits per heavy atom. The van der Waals surface area contributed by atoms with Gasteiger partial charge in [-0.05, 0) is 68.3 Å². The average molecular weight is 257 g/mol. The van der Waals surface area contributed by atoms with Crippen LogP contribution in [0.5, 0.6) is 0 Å². The van der Waals surface area contributed by atoms with Crippen molar-refractivity contribution in [3.63, 3.8) is 0 Å². The van der Waals surface area contributed by atoms with Crippen molar-refractivity contribution < 1.29 is 0 Å². The van der Waals surface area contributed by atoms with Crippen LogP contribution >= 0.6 is 0 Å². The van der Waals surface area contributed by atoms with E-state index in [1.807, 2.05) is 0 Å². The minimum atomic E-state index is 0.832. The molecule has 1 nitrogen and oxygen atoms in total. The van der Waals surface area contributed by atoms with Crippen molar-refractivity contribution in [2.75, 3.05) is 13.1 Å². The van der Waals surface area contributed by atoms with E-state index in [1.165, 1.54) is 36.8 Å². The Labute approximate surface area is 118 Å². The van der Waals surface area contributed by atoms with Crippen LogP contribution in [0.25, 0.3) is 5.57 Å². The van der Waals surface area contributed by atoms with Crippen LogP contribution in [0.2, 0.25) is 0 Å². The van der Waals surface area contributed by atoms with Gasteiger partial charge in [-0.2, -0.15) is 0 Å². The number of rotatable bonds is 7. The molecule has 1 saturated carbocycles. The molecule has 0 saturated heterocycles. The Bertz CT molecular complexity index is 415. The fourth-order valence-corrected chi connectivity index (χ4v) is 2.59. The maximum Gasteiger partial charge on any atom is -0.00141 e. The van der Waals surface area contributed by atoms with Crippen LogP contribution < -0.4 is 5.32 Å². The van der Waals surface area contributed by atoms with Crippen molar-refractivity contribution in [3.8, 4) is 0 Å². The van der Waals surface area contributed by atoms with Crippen LogP contribution in [-0.2, 0) is 0 Å². The first-order valence-electron chi connectivity index (χ1n) is 7.79. The van der Waals surface area contributed by atoms with E-state index in [9.17, 15) is 0 Å². The molecule has 0 spiro atoms. The normalized spacial score (nSPS) is 16.4. The molecular formula is C18H27N. The van der Waals surface area contributed by atoms with Crippen LogP contribution in [0.1, 0.15) is 63.0 Å². The van der Waals surface area contributed by atoms with Crippen molar-refractivity contribution in [1.29, 1.82) is 0 Å². The summed E-state index contributed by atoms with van der Waals surface area (Å²) < 4.78 is 0. The summed E-state index contributed by atoms with van der Waals surface area (Å²) in [6, 6.07) is 9.15. The third-order valence-electron chi connectivity index (χ3n) is 4.12. The predicted molar refractivity (Wildman–Crippen MR) is 84.5 cm³/mol. The highest BCUT2D eigenvalue weighted by molar-refractivity contribution is 5.64. The number of nitrogens with one attached hydrogen (secondary N) is 1.